The maximum absolute atomic E-state index is 11.1. The first-order valence-corrected chi connectivity index (χ1v) is 5.65. The highest BCUT2D eigenvalue weighted by Crippen LogP contribution is 2.14. The molecule has 0 saturated carbocycles. The highest BCUT2D eigenvalue weighted by Gasteiger charge is 2.26. The summed E-state index contributed by atoms with van der Waals surface area (Å²) >= 11 is 0. The number of hydrogen-bond donors (Lipinski definition) is 3. The number of hydrazone groups is 1. The molecule has 12 heteroatoms. The highest BCUT2D eigenvalue weighted by atomic mass is 16.6. The molecular weight excluding hydrogens is 302 g/mol. The second kappa shape index (κ2) is 7.49. The van der Waals surface area contributed by atoms with Crippen molar-refractivity contribution in [3.05, 3.63) is 28.0 Å². The molecule has 0 radical (unpaired) electrons. The van der Waals surface area contributed by atoms with Gasteiger partial charge in [-0.05, 0) is 6.07 Å². The summed E-state index contributed by atoms with van der Waals surface area (Å²) in [5.41, 5.74) is 4.57. The Morgan fingerprint density at radius 1 is 1.59 bits per heavy atom. The largest absolute Gasteiger partial charge is 0.480 e. The molecule has 4 N–H and O–H groups in total. The number of nitrogens with two attached hydrogens (primary N) is 1. The molecule has 118 valence electrons. The fourth-order valence-corrected chi connectivity index (χ4v) is 1.16. The van der Waals surface area contributed by atoms with Crippen LogP contribution in [0.2, 0.25) is 0 Å². The molecule has 0 unspecified atom stereocenters. The molecule has 1 aromatic rings. The number of nitrogens with zero attached hydrogens (tertiary/aromatic N) is 3. The van der Waals surface area contributed by atoms with Gasteiger partial charge in [-0.3, -0.25) is 25.0 Å². The molecular formula is C10H11N5O7. The van der Waals surface area contributed by atoms with Gasteiger partial charge in [-0.15, -0.1) is 0 Å². The molecule has 2 rings (SSSR count). The first-order valence-electron chi connectivity index (χ1n) is 5.65. The van der Waals surface area contributed by atoms with Gasteiger partial charge in [0, 0.05) is 0 Å². The molecule has 22 heavy (non-hydrogen) atoms. The van der Waals surface area contributed by atoms with Crippen molar-refractivity contribution in [1.29, 1.82) is 0 Å². The van der Waals surface area contributed by atoms with Gasteiger partial charge in [-0.25, -0.2) is 9.80 Å². The Balaban J connectivity index is 0.000000422. The summed E-state index contributed by atoms with van der Waals surface area (Å²) in [4.78, 5) is 40.7. The number of rotatable bonds is 4. The summed E-state index contributed by atoms with van der Waals surface area (Å²) in [7, 11) is 0. The average molecular weight is 313 g/mol. The fourth-order valence-electron chi connectivity index (χ4n) is 1.16. The lowest BCUT2D eigenvalue weighted by molar-refractivity contribution is -0.402. The number of urea groups is 1. The van der Waals surface area contributed by atoms with Crippen molar-refractivity contribution < 1.29 is 28.8 Å². The number of aliphatic carboxylic acids is 1. The van der Waals surface area contributed by atoms with Gasteiger partial charge in [-0.1, -0.05) is 0 Å². The van der Waals surface area contributed by atoms with Crippen LogP contribution in [0.1, 0.15) is 5.76 Å². The molecule has 0 atom stereocenters. The van der Waals surface area contributed by atoms with Crippen LogP contribution >= 0.6 is 0 Å². The molecule has 0 bridgehead atoms. The predicted molar refractivity (Wildman–Crippen MR) is 69.9 cm³/mol. The van der Waals surface area contributed by atoms with Gasteiger partial charge < -0.3 is 15.3 Å². The molecule has 1 aromatic heterocycles. The molecule has 0 aliphatic carbocycles. The maximum Gasteiger partial charge on any atom is 0.433 e. The quantitative estimate of drug-likeness (QED) is 0.276. The molecule has 0 aromatic carbocycles. The lowest BCUT2D eigenvalue weighted by atomic mass is 10.5. The van der Waals surface area contributed by atoms with Crippen molar-refractivity contribution in [2.45, 2.75) is 0 Å². The summed E-state index contributed by atoms with van der Waals surface area (Å²) in [5, 5.41) is 24.5. The minimum absolute atomic E-state index is 0.115. The van der Waals surface area contributed by atoms with Gasteiger partial charge in [-0.2, -0.15) is 5.10 Å². The van der Waals surface area contributed by atoms with Gasteiger partial charge in [0.05, 0.1) is 18.8 Å². The van der Waals surface area contributed by atoms with Crippen LogP contribution in [0.4, 0.5) is 10.7 Å². The number of nitro groups is 1. The number of amides is 3. The normalized spacial score (nSPS) is 13.8. The number of carbonyl (C=O) groups is 3. The third-order valence-corrected chi connectivity index (χ3v) is 2.07. The molecule has 1 aliphatic rings. The highest BCUT2D eigenvalue weighted by molar-refractivity contribution is 6.02. The average Bonchev–Trinajstić information content (AvgIpc) is 3.04. The number of carboxylic acid groups (broad SMARTS) is 1. The Kier molecular flexibility index (Phi) is 5.71. The number of imide groups is 1. The molecule has 2 heterocycles. The third kappa shape index (κ3) is 5.01. The lowest BCUT2D eigenvalue weighted by Crippen LogP contribution is -2.24. The summed E-state index contributed by atoms with van der Waals surface area (Å²) in [6, 6.07) is 1.85. The first kappa shape index (κ1) is 16.8. The first-order chi connectivity index (χ1) is 10.3. The van der Waals surface area contributed by atoms with E-state index < -0.39 is 28.7 Å². The van der Waals surface area contributed by atoms with Crippen LogP contribution in [0.5, 0.6) is 0 Å². The molecule has 3 amide bonds. The van der Waals surface area contributed by atoms with Gasteiger partial charge in [0.25, 0.3) is 0 Å². The molecule has 1 fully saturated rings. The summed E-state index contributed by atoms with van der Waals surface area (Å²) in [5.74, 6) is -1.74. The SMILES string of the molecule is NCC(=O)O.O=C1CN(/N=C\c2ccc([N+](=O)[O-])o2)C(=O)N1. The van der Waals surface area contributed by atoms with E-state index in [-0.39, 0.29) is 18.8 Å². The smallest absolute Gasteiger partial charge is 0.433 e. The van der Waals surface area contributed by atoms with Gasteiger partial charge in [0.15, 0.2) is 5.76 Å². The van der Waals surface area contributed by atoms with Crippen LogP contribution in [0.25, 0.3) is 0 Å². The van der Waals surface area contributed by atoms with Gasteiger partial charge >= 0.3 is 17.9 Å². The van der Waals surface area contributed by atoms with Crippen molar-refractivity contribution in [1.82, 2.24) is 10.3 Å². The zero-order valence-corrected chi connectivity index (χ0v) is 11.0. The number of carbonyl (C=O) groups excluding carboxylic acids is 2. The number of nitrogens with one attached hydrogen (secondary N) is 1. The number of hydrogen-bond acceptors (Lipinski definition) is 8. The van der Waals surface area contributed by atoms with Crippen molar-refractivity contribution in [3.8, 4) is 0 Å². The number of furan rings is 1. The molecule has 1 aliphatic heterocycles. The van der Waals surface area contributed by atoms with E-state index in [0.717, 1.165) is 17.3 Å². The van der Waals surface area contributed by atoms with E-state index in [9.17, 15) is 24.5 Å². The van der Waals surface area contributed by atoms with Crippen molar-refractivity contribution in [3.63, 3.8) is 0 Å². The van der Waals surface area contributed by atoms with E-state index >= 15 is 0 Å². The van der Waals surface area contributed by atoms with Gasteiger partial charge in [0.1, 0.15) is 11.5 Å². The van der Waals surface area contributed by atoms with Crippen molar-refractivity contribution >= 4 is 30.0 Å². The topological polar surface area (TPSA) is 181 Å². The monoisotopic (exact) mass is 313 g/mol. The second-order valence-electron chi connectivity index (χ2n) is 3.69. The Morgan fingerprint density at radius 2 is 2.23 bits per heavy atom. The third-order valence-electron chi connectivity index (χ3n) is 2.07. The fraction of sp³-hybridized carbons (Fsp3) is 0.200. The van der Waals surface area contributed by atoms with E-state index in [2.05, 4.69) is 10.8 Å². The number of carboxylic acids is 1. The Labute approximate surface area is 122 Å². The Morgan fingerprint density at radius 3 is 2.64 bits per heavy atom. The Hall–Kier alpha value is -3.28. The van der Waals surface area contributed by atoms with E-state index in [1.54, 1.807) is 0 Å². The van der Waals surface area contributed by atoms with Crippen LogP contribution in [-0.4, -0.2) is 52.3 Å². The molecule has 0 spiro atoms. The van der Waals surface area contributed by atoms with E-state index in [1.165, 1.54) is 6.07 Å². The minimum atomic E-state index is -0.968. The van der Waals surface area contributed by atoms with Crippen molar-refractivity contribution in [2.24, 2.45) is 10.8 Å². The van der Waals surface area contributed by atoms with Crippen molar-refractivity contribution in [2.75, 3.05) is 13.1 Å². The predicted octanol–water partition coefficient (Wildman–Crippen LogP) is -0.897. The van der Waals surface area contributed by atoms with Crippen LogP contribution in [-0.2, 0) is 9.59 Å². The van der Waals surface area contributed by atoms with Crippen LogP contribution in [0.15, 0.2) is 21.7 Å². The summed E-state index contributed by atoms with van der Waals surface area (Å²) in [6.45, 7) is -0.460. The minimum Gasteiger partial charge on any atom is -0.480 e. The molecule has 12 nitrogen and oxygen atoms in total. The van der Waals surface area contributed by atoms with Gasteiger partial charge in [0.2, 0.25) is 5.91 Å². The lowest BCUT2D eigenvalue weighted by Gasteiger charge is -2.02. The van der Waals surface area contributed by atoms with E-state index in [0.29, 0.717) is 0 Å². The Bertz CT molecular complexity index is 623. The maximum atomic E-state index is 11.1. The van der Waals surface area contributed by atoms with Crippen LogP contribution in [0.3, 0.4) is 0 Å². The zero-order valence-electron chi connectivity index (χ0n) is 11.0. The van der Waals surface area contributed by atoms with Crippen LogP contribution < -0.4 is 11.1 Å². The van der Waals surface area contributed by atoms with E-state index in [1.807, 2.05) is 5.32 Å². The summed E-state index contributed by atoms with van der Waals surface area (Å²) in [6.07, 6.45) is 1.12. The zero-order chi connectivity index (χ0) is 16.7. The second-order valence-corrected chi connectivity index (χ2v) is 3.69. The van der Waals surface area contributed by atoms with E-state index in [4.69, 9.17) is 9.52 Å². The summed E-state index contributed by atoms with van der Waals surface area (Å²) < 4.78 is 4.78. The van der Waals surface area contributed by atoms with Crippen LogP contribution in [0, 0.1) is 10.1 Å². The molecule has 1 saturated heterocycles. The standard InChI is InChI=1S/C8H6N4O5.C2H5NO2/c13-6-4-11(8(14)10-6)9-3-5-1-2-7(17-5)12(15)16;3-1-2(4)5/h1-3H,4H2,(H,10,13,14);1,3H2,(H,4,5)/b9-3-;.